The van der Waals surface area contributed by atoms with Crippen LogP contribution >= 0.6 is 11.3 Å². The van der Waals surface area contributed by atoms with E-state index in [1.807, 2.05) is 13.0 Å². The van der Waals surface area contributed by atoms with Gasteiger partial charge in [0.1, 0.15) is 5.00 Å². The summed E-state index contributed by atoms with van der Waals surface area (Å²) < 4.78 is 4.78. The summed E-state index contributed by atoms with van der Waals surface area (Å²) in [4.78, 5) is 58.8. The zero-order chi connectivity index (χ0) is 25.9. The lowest BCUT2D eigenvalue weighted by molar-refractivity contribution is -0.394. The highest BCUT2D eigenvalue weighted by atomic mass is 32.1. The minimum Gasteiger partial charge on any atom is -0.465 e. The Bertz CT molecular complexity index is 1350. The fourth-order valence-electron chi connectivity index (χ4n) is 3.19. The maximum Gasteiger partial charge on any atom is 0.341 e. The Morgan fingerprint density at radius 2 is 1.54 bits per heavy atom. The van der Waals surface area contributed by atoms with Crippen molar-refractivity contribution in [1.29, 1.82) is 0 Å². The minimum atomic E-state index is -0.950. The third-order valence-electron chi connectivity index (χ3n) is 4.83. The van der Waals surface area contributed by atoms with Gasteiger partial charge in [0.2, 0.25) is 0 Å². The number of rotatable bonds is 7. The molecular formula is C22H18N4O8S. The normalized spacial score (nSPS) is 10.4. The molecule has 2 aromatic carbocycles. The number of hydrogen-bond donors (Lipinski definition) is 2. The number of hydrogen-bond acceptors (Lipinski definition) is 9. The number of aryl methyl sites for hydroxylation is 1. The van der Waals surface area contributed by atoms with Crippen molar-refractivity contribution in [2.24, 2.45) is 0 Å². The molecule has 0 saturated heterocycles. The van der Waals surface area contributed by atoms with Crippen molar-refractivity contribution < 1.29 is 29.0 Å². The Kier molecular flexibility index (Phi) is 7.20. The van der Waals surface area contributed by atoms with Crippen molar-refractivity contribution in [2.45, 2.75) is 13.8 Å². The molecule has 1 aromatic heterocycles. The summed E-state index contributed by atoms with van der Waals surface area (Å²) in [6, 6.07) is 9.51. The van der Waals surface area contributed by atoms with Gasteiger partial charge in [-0.15, -0.1) is 11.3 Å². The monoisotopic (exact) mass is 498 g/mol. The van der Waals surface area contributed by atoms with E-state index in [4.69, 9.17) is 4.74 Å². The predicted molar refractivity (Wildman–Crippen MR) is 127 cm³/mol. The van der Waals surface area contributed by atoms with Gasteiger partial charge in [0.25, 0.3) is 23.2 Å². The van der Waals surface area contributed by atoms with Crippen molar-refractivity contribution in [3.8, 4) is 0 Å². The second kappa shape index (κ2) is 10.1. The van der Waals surface area contributed by atoms with Crippen LogP contribution in [0.2, 0.25) is 0 Å². The summed E-state index contributed by atoms with van der Waals surface area (Å²) in [6.07, 6.45) is 0. The average molecular weight is 498 g/mol. The summed E-state index contributed by atoms with van der Waals surface area (Å²) in [5.74, 6) is -2.31. The molecule has 0 bridgehead atoms. The summed E-state index contributed by atoms with van der Waals surface area (Å²) in [5.41, 5.74) is -0.0841. The van der Waals surface area contributed by atoms with Crippen LogP contribution in [0.4, 0.5) is 22.1 Å². The number of thiophene rings is 1. The van der Waals surface area contributed by atoms with Crippen LogP contribution in [0.5, 0.6) is 0 Å². The smallest absolute Gasteiger partial charge is 0.341 e. The first kappa shape index (κ1) is 25.0. The molecule has 12 nitrogen and oxygen atoms in total. The molecule has 3 aromatic rings. The van der Waals surface area contributed by atoms with Crippen LogP contribution < -0.4 is 10.6 Å². The van der Waals surface area contributed by atoms with E-state index in [-0.39, 0.29) is 26.6 Å². The van der Waals surface area contributed by atoms with Gasteiger partial charge >= 0.3 is 5.97 Å². The largest absolute Gasteiger partial charge is 0.465 e. The molecule has 1 heterocycles. The standard InChI is InChI=1S/C22H18N4O8S/c1-11-5-4-6-14(7-11)23-20(28)18-12(2)17(22(29)34-3)21(35-18)24-19(27)13-8-15(25(30)31)10-16(9-13)26(32)33/h4-10H,1-3H3,(H,23,28)(H,24,27). The van der Waals surface area contributed by atoms with Gasteiger partial charge in [-0.3, -0.25) is 29.8 Å². The molecule has 180 valence electrons. The third kappa shape index (κ3) is 5.47. The number of nitro benzene ring substituents is 2. The number of nitrogens with zero attached hydrogens (tertiary/aromatic N) is 2. The van der Waals surface area contributed by atoms with E-state index in [1.165, 1.54) is 6.92 Å². The number of anilines is 2. The lowest BCUT2D eigenvalue weighted by atomic mass is 10.1. The van der Waals surface area contributed by atoms with Gasteiger partial charge in [-0.25, -0.2) is 4.79 Å². The number of benzene rings is 2. The molecule has 0 aliphatic carbocycles. The maximum atomic E-state index is 12.9. The molecule has 2 amide bonds. The van der Waals surface area contributed by atoms with Crippen LogP contribution in [0, 0.1) is 34.1 Å². The minimum absolute atomic E-state index is 0.0529. The molecule has 3 rings (SSSR count). The second-order valence-electron chi connectivity index (χ2n) is 7.28. The molecule has 0 fully saturated rings. The molecule has 0 unspecified atom stereocenters. The zero-order valence-electron chi connectivity index (χ0n) is 18.6. The lowest BCUT2D eigenvalue weighted by Gasteiger charge is -2.06. The second-order valence-corrected chi connectivity index (χ2v) is 8.30. The molecule has 0 aliphatic rings. The molecule has 0 atom stereocenters. The SMILES string of the molecule is COC(=O)c1c(NC(=O)c2cc([N+](=O)[O-])cc([N+](=O)[O-])c2)sc(C(=O)Nc2cccc(C)c2)c1C. The fourth-order valence-corrected chi connectivity index (χ4v) is 4.27. The van der Waals surface area contributed by atoms with Crippen molar-refractivity contribution in [3.63, 3.8) is 0 Å². The van der Waals surface area contributed by atoms with Crippen LogP contribution in [0.25, 0.3) is 0 Å². The predicted octanol–water partition coefficient (Wildman–Crippen LogP) is 4.47. The first-order chi connectivity index (χ1) is 16.5. The van der Waals surface area contributed by atoms with Crippen LogP contribution in [0.15, 0.2) is 42.5 Å². The fraction of sp³-hybridized carbons (Fsp3) is 0.136. The van der Waals surface area contributed by atoms with Gasteiger partial charge in [0, 0.05) is 17.8 Å². The highest BCUT2D eigenvalue weighted by Gasteiger charge is 2.28. The van der Waals surface area contributed by atoms with Gasteiger partial charge in [0.05, 0.1) is 39.0 Å². The highest BCUT2D eigenvalue weighted by Crippen LogP contribution is 2.35. The Labute approximate surface area is 201 Å². The zero-order valence-corrected chi connectivity index (χ0v) is 19.4. The first-order valence-electron chi connectivity index (χ1n) is 9.86. The Balaban J connectivity index is 1.99. The lowest BCUT2D eigenvalue weighted by Crippen LogP contribution is -2.15. The molecular weight excluding hydrogens is 480 g/mol. The van der Waals surface area contributed by atoms with Crippen LogP contribution in [-0.4, -0.2) is 34.7 Å². The van der Waals surface area contributed by atoms with Crippen LogP contribution in [-0.2, 0) is 4.74 Å². The molecule has 35 heavy (non-hydrogen) atoms. The van der Waals surface area contributed by atoms with Gasteiger partial charge in [-0.2, -0.15) is 0 Å². The van der Waals surface area contributed by atoms with E-state index in [0.717, 1.165) is 42.2 Å². The van der Waals surface area contributed by atoms with Gasteiger partial charge in [-0.05, 0) is 37.1 Å². The van der Waals surface area contributed by atoms with E-state index in [9.17, 15) is 34.6 Å². The average Bonchev–Trinajstić information content (AvgIpc) is 3.13. The van der Waals surface area contributed by atoms with E-state index < -0.39 is 39.0 Å². The number of ether oxygens (including phenoxy) is 1. The molecule has 0 aliphatic heterocycles. The van der Waals surface area contributed by atoms with Gasteiger partial charge < -0.3 is 15.4 Å². The maximum absolute atomic E-state index is 12.9. The molecule has 2 N–H and O–H groups in total. The van der Waals surface area contributed by atoms with Gasteiger partial charge in [0.15, 0.2) is 0 Å². The van der Waals surface area contributed by atoms with E-state index in [2.05, 4.69) is 10.6 Å². The highest BCUT2D eigenvalue weighted by molar-refractivity contribution is 7.19. The number of carbonyl (C=O) groups is 3. The summed E-state index contributed by atoms with van der Waals surface area (Å²) in [5, 5.41) is 27.3. The Morgan fingerprint density at radius 1 is 0.914 bits per heavy atom. The topological polar surface area (TPSA) is 171 Å². The quantitative estimate of drug-likeness (QED) is 0.273. The van der Waals surface area contributed by atoms with Crippen molar-refractivity contribution in [1.82, 2.24) is 0 Å². The molecule has 0 spiro atoms. The molecule has 0 saturated carbocycles. The van der Waals surface area contributed by atoms with E-state index in [1.54, 1.807) is 18.2 Å². The third-order valence-corrected chi connectivity index (χ3v) is 6.04. The number of amides is 2. The van der Waals surface area contributed by atoms with Gasteiger partial charge in [-0.1, -0.05) is 12.1 Å². The van der Waals surface area contributed by atoms with E-state index in [0.29, 0.717) is 5.69 Å². The summed E-state index contributed by atoms with van der Waals surface area (Å²) >= 11 is 0.793. The summed E-state index contributed by atoms with van der Waals surface area (Å²) in [6.45, 7) is 3.36. The number of non-ortho nitro benzene ring substituents is 2. The van der Waals surface area contributed by atoms with Crippen molar-refractivity contribution in [3.05, 3.63) is 89.8 Å². The van der Waals surface area contributed by atoms with Crippen LogP contribution in [0.1, 0.15) is 41.5 Å². The molecule has 0 radical (unpaired) electrons. The number of esters is 1. The Hall–Kier alpha value is -4.65. The van der Waals surface area contributed by atoms with Crippen molar-refractivity contribution >= 4 is 51.2 Å². The van der Waals surface area contributed by atoms with Crippen LogP contribution in [0.3, 0.4) is 0 Å². The Morgan fingerprint density at radius 3 is 2.09 bits per heavy atom. The van der Waals surface area contributed by atoms with E-state index >= 15 is 0 Å². The number of methoxy groups -OCH3 is 1. The number of carbonyl (C=O) groups excluding carboxylic acids is 3. The number of nitrogens with one attached hydrogen (secondary N) is 2. The first-order valence-corrected chi connectivity index (χ1v) is 10.7. The summed E-state index contributed by atoms with van der Waals surface area (Å²) in [7, 11) is 1.13. The molecule has 13 heteroatoms. The van der Waals surface area contributed by atoms with Crippen molar-refractivity contribution in [2.75, 3.05) is 17.7 Å². The number of nitro groups is 2.